The Morgan fingerprint density at radius 1 is 0.583 bits per heavy atom. The third-order valence-electron chi connectivity index (χ3n) is 4.20. The smallest absolute Gasteiger partial charge is 0.0450 e. The highest BCUT2D eigenvalue weighted by molar-refractivity contribution is 5.33. The summed E-state index contributed by atoms with van der Waals surface area (Å²) in [6, 6.07) is 19.8. The molecule has 0 bridgehead atoms. The molecule has 1 nitrogen and oxygen atoms in total. The Hall–Kier alpha value is -2.41. The van der Waals surface area contributed by atoms with E-state index in [1.165, 1.54) is 33.4 Å². The van der Waals surface area contributed by atoms with Crippen LogP contribution in [0.1, 0.15) is 44.8 Å². The van der Waals surface area contributed by atoms with Crippen molar-refractivity contribution in [2.24, 2.45) is 0 Å². The molecule has 1 aromatic heterocycles. The molecule has 3 rings (SSSR count). The summed E-state index contributed by atoms with van der Waals surface area (Å²) in [5.41, 5.74) is 10.2. The highest BCUT2D eigenvalue weighted by Crippen LogP contribution is 2.16. The maximum atomic E-state index is 4.88. The second-order valence-electron chi connectivity index (χ2n) is 6.97. The van der Waals surface area contributed by atoms with Crippen LogP contribution in [0.25, 0.3) is 0 Å². The first-order chi connectivity index (χ1) is 11.5. The van der Waals surface area contributed by atoms with Gasteiger partial charge in [-0.15, -0.1) is 0 Å². The average Bonchev–Trinajstić information content (AvgIpc) is 2.45. The van der Waals surface area contributed by atoms with E-state index in [9.17, 15) is 0 Å². The molecule has 0 atom stereocenters. The predicted octanol–water partition coefficient (Wildman–Crippen LogP) is 5.50. The van der Waals surface area contributed by atoms with E-state index < -0.39 is 0 Å². The van der Waals surface area contributed by atoms with Crippen molar-refractivity contribution in [3.8, 4) is 0 Å². The molecule has 1 heteroatoms. The van der Waals surface area contributed by atoms with Crippen LogP contribution in [-0.4, -0.2) is 4.98 Å². The fourth-order valence-corrected chi connectivity index (χ4v) is 3.49. The number of pyridine rings is 1. The molecule has 0 unspecified atom stereocenters. The highest BCUT2D eigenvalue weighted by atomic mass is 14.7. The van der Waals surface area contributed by atoms with Crippen LogP contribution in [0.5, 0.6) is 0 Å². The lowest BCUT2D eigenvalue weighted by atomic mass is 10.0. The zero-order chi connectivity index (χ0) is 17.1. The Labute approximate surface area is 145 Å². The van der Waals surface area contributed by atoms with Gasteiger partial charge in [-0.2, -0.15) is 0 Å². The predicted molar refractivity (Wildman–Crippen MR) is 102 cm³/mol. The maximum Gasteiger partial charge on any atom is 0.0450 e. The molecule has 0 aliphatic heterocycles. The van der Waals surface area contributed by atoms with Crippen LogP contribution in [0, 0.1) is 27.7 Å². The molecule has 1 heterocycles. The summed E-state index contributed by atoms with van der Waals surface area (Å²) in [6.07, 6.45) is 1.78. The summed E-state index contributed by atoms with van der Waals surface area (Å²) in [5, 5.41) is 0. The molecule has 24 heavy (non-hydrogen) atoms. The fraction of sp³-hybridized carbons (Fsp3) is 0.261. The summed E-state index contributed by atoms with van der Waals surface area (Å²) in [5.74, 6) is 0. The van der Waals surface area contributed by atoms with E-state index in [0.717, 1.165) is 24.2 Å². The Morgan fingerprint density at radius 3 is 1.33 bits per heavy atom. The van der Waals surface area contributed by atoms with Crippen molar-refractivity contribution in [3.63, 3.8) is 0 Å². The summed E-state index contributed by atoms with van der Waals surface area (Å²) >= 11 is 0. The van der Waals surface area contributed by atoms with E-state index in [1.807, 2.05) is 0 Å². The lowest BCUT2D eigenvalue weighted by Gasteiger charge is -2.08. The fourth-order valence-electron chi connectivity index (χ4n) is 3.49. The van der Waals surface area contributed by atoms with E-state index in [-0.39, 0.29) is 0 Å². The number of hydrogen-bond acceptors (Lipinski definition) is 1. The first kappa shape index (κ1) is 16.4. The quantitative estimate of drug-likeness (QED) is 0.620. The van der Waals surface area contributed by atoms with Gasteiger partial charge in [-0.05, 0) is 51.0 Å². The lowest BCUT2D eigenvalue weighted by Crippen LogP contribution is -1.99. The minimum atomic E-state index is 0.892. The molecular formula is C23H25N. The molecule has 0 N–H and O–H groups in total. The maximum absolute atomic E-state index is 4.88. The zero-order valence-electron chi connectivity index (χ0n) is 15.1. The first-order valence-corrected chi connectivity index (χ1v) is 8.57. The van der Waals surface area contributed by atoms with Crippen molar-refractivity contribution in [2.45, 2.75) is 40.5 Å². The van der Waals surface area contributed by atoms with E-state index in [0.29, 0.717) is 0 Å². The molecule has 0 spiro atoms. The van der Waals surface area contributed by atoms with Gasteiger partial charge in [0, 0.05) is 24.2 Å². The minimum Gasteiger partial charge on any atom is -0.257 e. The summed E-state index contributed by atoms with van der Waals surface area (Å²) in [7, 11) is 0. The molecule has 122 valence electrons. The molecule has 0 saturated carbocycles. The van der Waals surface area contributed by atoms with Crippen LogP contribution in [0.15, 0.2) is 54.6 Å². The van der Waals surface area contributed by atoms with Gasteiger partial charge in [0.2, 0.25) is 0 Å². The SMILES string of the molecule is Cc1cc(C)cc(Cc2cccc(Cc3cc(C)cc(C)c3)n2)c1. The Kier molecular flexibility index (Phi) is 4.80. The summed E-state index contributed by atoms with van der Waals surface area (Å²) in [4.78, 5) is 4.88. The lowest BCUT2D eigenvalue weighted by molar-refractivity contribution is 0.987. The topological polar surface area (TPSA) is 12.9 Å². The molecule has 0 aliphatic rings. The number of benzene rings is 2. The van der Waals surface area contributed by atoms with Gasteiger partial charge in [0.15, 0.2) is 0 Å². The second-order valence-corrected chi connectivity index (χ2v) is 6.97. The van der Waals surface area contributed by atoms with Gasteiger partial charge in [0.25, 0.3) is 0 Å². The summed E-state index contributed by atoms with van der Waals surface area (Å²) in [6.45, 7) is 8.61. The van der Waals surface area contributed by atoms with Gasteiger partial charge < -0.3 is 0 Å². The third-order valence-corrected chi connectivity index (χ3v) is 4.20. The van der Waals surface area contributed by atoms with Gasteiger partial charge in [0.05, 0.1) is 0 Å². The van der Waals surface area contributed by atoms with Gasteiger partial charge in [-0.3, -0.25) is 4.98 Å². The monoisotopic (exact) mass is 315 g/mol. The Bertz CT molecular complexity index is 752. The van der Waals surface area contributed by atoms with Crippen molar-refractivity contribution in [1.82, 2.24) is 4.98 Å². The van der Waals surface area contributed by atoms with Crippen molar-refractivity contribution in [3.05, 3.63) is 99.4 Å². The van der Waals surface area contributed by atoms with Crippen molar-refractivity contribution < 1.29 is 0 Å². The van der Waals surface area contributed by atoms with Gasteiger partial charge >= 0.3 is 0 Å². The molecular weight excluding hydrogens is 290 g/mol. The van der Waals surface area contributed by atoms with Gasteiger partial charge in [-0.1, -0.05) is 64.7 Å². The van der Waals surface area contributed by atoms with Gasteiger partial charge in [-0.25, -0.2) is 0 Å². The Balaban J connectivity index is 1.81. The average molecular weight is 315 g/mol. The van der Waals surface area contributed by atoms with Crippen LogP contribution < -0.4 is 0 Å². The third kappa shape index (κ3) is 4.32. The standard InChI is InChI=1S/C23H25N/c1-16-8-17(2)11-20(10-16)14-22-6-5-7-23(24-22)15-21-12-18(3)9-19(4)13-21/h5-13H,14-15H2,1-4H3. The molecule has 0 radical (unpaired) electrons. The van der Waals surface area contributed by atoms with Crippen LogP contribution in [0.3, 0.4) is 0 Å². The number of aromatic nitrogens is 1. The molecule has 3 aromatic rings. The van der Waals surface area contributed by atoms with Crippen molar-refractivity contribution >= 4 is 0 Å². The van der Waals surface area contributed by atoms with Crippen LogP contribution >= 0.6 is 0 Å². The van der Waals surface area contributed by atoms with E-state index in [2.05, 4.69) is 82.3 Å². The molecule has 2 aromatic carbocycles. The van der Waals surface area contributed by atoms with E-state index >= 15 is 0 Å². The largest absolute Gasteiger partial charge is 0.257 e. The van der Waals surface area contributed by atoms with Crippen LogP contribution in [0.2, 0.25) is 0 Å². The minimum absolute atomic E-state index is 0.892. The number of aryl methyl sites for hydroxylation is 4. The van der Waals surface area contributed by atoms with Gasteiger partial charge in [0.1, 0.15) is 0 Å². The molecule has 0 saturated heterocycles. The molecule has 0 aliphatic carbocycles. The summed E-state index contributed by atoms with van der Waals surface area (Å²) < 4.78 is 0. The van der Waals surface area contributed by atoms with Crippen molar-refractivity contribution in [2.75, 3.05) is 0 Å². The zero-order valence-corrected chi connectivity index (χ0v) is 15.1. The number of nitrogens with zero attached hydrogens (tertiary/aromatic N) is 1. The number of hydrogen-bond donors (Lipinski definition) is 0. The molecule has 0 fully saturated rings. The Morgan fingerprint density at radius 2 is 0.958 bits per heavy atom. The number of rotatable bonds is 4. The second kappa shape index (κ2) is 7.00. The molecule has 0 amide bonds. The van der Waals surface area contributed by atoms with E-state index in [1.54, 1.807) is 0 Å². The highest BCUT2D eigenvalue weighted by Gasteiger charge is 2.04. The normalized spacial score (nSPS) is 10.8. The van der Waals surface area contributed by atoms with Crippen LogP contribution in [-0.2, 0) is 12.8 Å². The van der Waals surface area contributed by atoms with Crippen LogP contribution in [0.4, 0.5) is 0 Å². The van der Waals surface area contributed by atoms with Crippen molar-refractivity contribution in [1.29, 1.82) is 0 Å². The first-order valence-electron chi connectivity index (χ1n) is 8.57. The van der Waals surface area contributed by atoms with E-state index in [4.69, 9.17) is 4.98 Å².